The summed E-state index contributed by atoms with van der Waals surface area (Å²) in [4.78, 5) is 4.54. The Kier molecular flexibility index (Phi) is 5.42. The van der Waals surface area contributed by atoms with Gasteiger partial charge in [-0.1, -0.05) is 12.1 Å². The van der Waals surface area contributed by atoms with E-state index in [9.17, 15) is 0 Å². The molecule has 2 heterocycles. The van der Waals surface area contributed by atoms with Gasteiger partial charge in [-0.15, -0.1) is 0 Å². The van der Waals surface area contributed by atoms with Gasteiger partial charge in [0.2, 0.25) is 0 Å². The van der Waals surface area contributed by atoms with Gasteiger partial charge in [0.05, 0.1) is 26.0 Å². The quantitative estimate of drug-likeness (QED) is 0.702. The first kappa shape index (κ1) is 18.2. The maximum Gasteiger partial charge on any atom is 0.145 e. The molecule has 3 rings (SSSR count). The number of methoxy groups -OCH3 is 2. The SMILES string of the molecule is COCCn1nc(C)c(CNc2c(C)cnc3c(OC)cccc23)c1C. The van der Waals surface area contributed by atoms with Crippen LogP contribution < -0.4 is 10.1 Å². The highest BCUT2D eigenvalue weighted by Gasteiger charge is 2.14. The van der Waals surface area contributed by atoms with E-state index in [1.54, 1.807) is 14.2 Å². The van der Waals surface area contributed by atoms with Crippen LogP contribution in [0.1, 0.15) is 22.5 Å². The van der Waals surface area contributed by atoms with Crippen molar-refractivity contribution >= 4 is 16.6 Å². The van der Waals surface area contributed by atoms with Crippen molar-refractivity contribution < 1.29 is 9.47 Å². The molecule has 2 aromatic heterocycles. The molecular weight excluding hydrogens is 328 g/mol. The summed E-state index contributed by atoms with van der Waals surface area (Å²) in [6.07, 6.45) is 1.88. The van der Waals surface area contributed by atoms with Gasteiger partial charge in [-0.2, -0.15) is 5.10 Å². The van der Waals surface area contributed by atoms with Crippen molar-refractivity contribution in [3.8, 4) is 5.75 Å². The molecule has 0 spiro atoms. The normalized spacial score (nSPS) is 11.1. The molecule has 6 heteroatoms. The maximum absolute atomic E-state index is 5.45. The number of hydrogen-bond acceptors (Lipinski definition) is 5. The molecule has 0 bridgehead atoms. The number of nitrogens with zero attached hydrogens (tertiary/aromatic N) is 3. The molecule has 0 saturated heterocycles. The number of fused-ring (bicyclic) bond motifs is 1. The average Bonchev–Trinajstić information content (AvgIpc) is 2.92. The zero-order valence-electron chi connectivity index (χ0n) is 16.1. The van der Waals surface area contributed by atoms with Crippen LogP contribution in [-0.2, 0) is 17.8 Å². The predicted octanol–water partition coefficient (Wildman–Crippen LogP) is 3.62. The van der Waals surface area contributed by atoms with Gasteiger partial charge >= 0.3 is 0 Å². The smallest absolute Gasteiger partial charge is 0.145 e. The third kappa shape index (κ3) is 3.37. The van der Waals surface area contributed by atoms with Crippen LogP contribution in [0.4, 0.5) is 5.69 Å². The Balaban J connectivity index is 1.91. The highest BCUT2D eigenvalue weighted by Crippen LogP contribution is 2.31. The minimum Gasteiger partial charge on any atom is -0.494 e. The lowest BCUT2D eigenvalue weighted by Crippen LogP contribution is -2.09. The number of benzene rings is 1. The summed E-state index contributed by atoms with van der Waals surface area (Å²) < 4.78 is 12.6. The summed E-state index contributed by atoms with van der Waals surface area (Å²) in [5.74, 6) is 0.783. The molecular formula is C20H26N4O2. The van der Waals surface area contributed by atoms with Gasteiger partial charge in [-0.3, -0.25) is 9.67 Å². The molecule has 0 aliphatic rings. The van der Waals surface area contributed by atoms with Crippen LogP contribution in [-0.4, -0.2) is 35.6 Å². The van der Waals surface area contributed by atoms with Crippen molar-refractivity contribution in [1.29, 1.82) is 0 Å². The van der Waals surface area contributed by atoms with Crippen molar-refractivity contribution in [3.05, 3.63) is 46.9 Å². The number of para-hydroxylation sites is 1. The minimum absolute atomic E-state index is 0.655. The Bertz CT molecular complexity index is 918. The number of rotatable bonds is 7. The van der Waals surface area contributed by atoms with Gasteiger partial charge in [-0.05, 0) is 32.4 Å². The van der Waals surface area contributed by atoms with E-state index in [4.69, 9.17) is 9.47 Å². The van der Waals surface area contributed by atoms with Gasteiger partial charge in [0.15, 0.2) is 0 Å². The Labute approximate surface area is 154 Å². The summed E-state index contributed by atoms with van der Waals surface area (Å²) >= 11 is 0. The maximum atomic E-state index is 5.45. The summed E-state index contributed by atoms with van der Waals surface area (Å²) in [6, 6.07) is 6.00. The molecule has 0 amide bonds. The zero-order chi connectivity index (χ0) is 18.7. The molecule has 3 aromatic rings. The van der Waals surface area contributed by atoms with E-state index in [0.29, 0.717) is 13.2 Å². The summed E-state index contributed by atoms with van der Waals surface area (Å²) in [5.41, 5.74) is 6.48. The number of nitrogens with one attached hydrogen (secondary N) is 1. The number of pyridine rings is 1. The second-order valence-electron chi connectivity index (χ2n) is 6.39. The fraction of sp³-hybridized carbons (Fsp3) is 0.400. The van der Waals surface area contributed by atoms with Gasteiger partial charge in [-0.25, -0.2) is 0 Å². The molecule has 138 valence electrons. The van der Waals surface area contributed by atoms with Crippen molar-refractivity contribution in [3.63, 3.8) is 0 Å². The van der Waals surface area contributed by atoms with E-state index in [1.165, 1.54) is 11.3 Å². The molecule has 0 atom stereocenters. The van der Waals surface area contributed by atoms with Crippen LogP contribution in [0.15, 0.2) is 24.4 Å². The monoisotopic (exact) mass is 354 g/mol. The average molecular weight is 354 g/mol. The van der Waals surface area contributed by atoms with E-state index in [2.05, 4.69) is 35.3 Å². The highest BCUT2D eigenvalue weighted by atomic mass is 16.5. The van der Waals surface area contributed by atoms with Gasteiger partial charge in [0.25, 0.3) is 0 Å². The van der Waals surface area contributed by atoms with Crippen molar-refractivity contribution in [1.82, 2.24) is 14.8 Å². The van der Waals surface area contributed by atoms with E-state index >= 15 is 0 Å². The van der Waals surface area contributed by atoms with E-state index < -0.39 is 0 Å². The van der Waals surface area contributed by atoms with Crippen LogP contribution in [0.25, 0.3) is 10.9 Å². The number of aromatic nitrogens is 3. The molecule has 1 N–H and O–H groups in total. The second kappa shape index (κ2) is 7.74. The fourth-order valence-corrected chi connectivity index (χ4v) is 3.26. The van der Waals surface area contributed by atoms with Crippen LogP contribution in [0.5, 0.6) is 5.75 Å². The number of aryl methyl sites for hydroxylation is 2. The van der Waals surface area contributed by atoms with Crippen molar-refractivity contribution in [2.24, 2.45) is 0 Å². The Morgan fingerprint density at radius 3 is 2.69 bits per heavy atom. The predicted molar refractivity (Wildman–Crippen MR) is 104 cm³/mol. The van der Waals surface area contributed by atoms with Crippen LogP contribution in [0, 0.1) is 20.8 Å². The summed E-state index contributed by atoms with van der Waals surface area (Å²) in [7, 11) is 3.38. The Hall–Kier alpha value is -2.60. The van der Waals surface area contributed by atoms with E-state index in [0.717, 1.165) is 40.1 Å². The molecule has 0 unspecified atom stereocenters. The fourth-order valence-electron chi connectivity index (χ4n) is 3.26. The standard InChI is InChI=1S/C20H26N4O2/c1-13-11-21-20-16(7-6-8-18(20)26-5)19(13)22-12-17-14(2)23-24(15(17)3)9-10-25-4/h6-8,11H,9-10,12H2,1-5H3,(H,21,22). The number of ether oxygens (including phenoxy) is 2. The summed E-state index contributed by atoms with van der Waals surface area (Å²) in [5, 5.41) is 9.29. The number of anilines is 1. The van der Waals surface area contributed by atoms with Gasteiger partial charge in [0, 0.05) is 42.2 Å². The molecule has 0 radical (unpaired) electrons. The highest BCUT2D eigenvalue weighted by molar-refractivity contribution is 5.96. The molecule has 1 aromatic carbocycles. The minimum atomic E-state index is 0.655. The second-order valence-corrected chi connectivity index (χ2v) is 6.39. The molecule has 0 saturated carbocycles. The molecule has 26 heavy (non-hydrogen) atoms. The lowest BCUT2D eigenvalue weighted by molar-refractivity contribution is 0.182. The number of hydrogen-bond donors (Lipinski definition) is 1. The van der Waals surface area contributed by atoms with E-state index in [-0.39, 0.29) is 0 Å². The molecule has 0 fully saturated rings. The van der Waals surface area contributed by atoms with Gasteiger partial charge < -0.3 is 14.8 Å². The molecule has 6 nitrogen and oxygen atoms in total. The lowest BCUT2D eigenvalue weighted by atomic mass is 10.1. The lowest BCUT2D eigenvalue weighted by Gasteiger charge is -2.14. The van der Waals surface area contributed by atoms with Crippen LogP contribution in [0.2, 0.25) is 0 Å². The first-order chi connectivity index (χ1) is 12.6. The third-order valence-corrected chi connectivity index (χ3v) is 4.75. The Morgan fingerprint density at radius 2 is 1.96 bits per heavy atom. The van der Waals surface area contributed by atoms with Crippen LogP contribution >= 0.6 is 0 Å². The third-order valence-electron chi connectivity index (χ3n) is 4.75. The Morgan fingerprint density at radius 1 is 1.15 bits per heavy atom. The van der Waals surface area contributed by atoms with Crippen LogP contribution in [0.3, 0.4) is 0 Å². The van der Waals surface area contributed by atoms with Crippen molar-refractivity contribution in [2.75, 3.05) is 26.1 Å². The van der Waals surface area contributed by atoms with Crippen molar-refractivity contribution in [2.45, 2.75) is 33.9 Å². The largest absolute Gasteiger partial charge is 0.494 e. The topological polar surface area (TPSA) is 61.2 Å². The summed E-state index contributed by atoms with van der Waals surface area (Å²) in [6.45, 7) is 8.35. The van der Waals surface area contributed by atoms with Gasteiger partial charge in [0.1, 0.15) is 11.3 Å². The molecule has 0 aliphatic heterocycles. The first-order valence-electron chi connectivity index (χ1n) is 8.74. The zero-order valence-corrected chi connectivity index (χ0v) is 16.1. The van der Waals surface area contributed by atoms with E-state index in [1.807, 2.05) is 29.9 Å². The molecule has 0 aliphatic carbocycles. The first-order valence-corrected chi connectivity index (χ1v) is 8.74.